The van der Waals surface area contributed by atoms with Crippen LogP contribution in [0.25, 0.3) is 0 Å². The van der Waals surface area contributed by atoms with E-state index in [4.69, 9.17) is 0 Å². The standard InChI is InChI=1S/C12H19N3/c1-9(2)10-7-13-12(14-8-10)15-11-5-3-4-6-11/h7-9,11H,3-6H2,1-2H3,(H,13,14,15). The average molecular weight is 205 g/mol. The van der Waals surface area contributed by atoms with Crippen LogP contribution in [0, 0.1) is 0 Å². The molecular weight excluding hydrogens is 186 g/mol. The third-order valence-electron chi connectivity index (χ3n) is 3.03. The SMILES string of the molecule is CC(C)c1cnc(NC2CCCC2)nc1. The second-order valence-electron chi connectivity index (χ2n) is 4.62. The van der Waals surface area contributed by atoms with Crippen LogP contribution < -0.4 is 5.32 Å². The summed E-state index contributed by atoms with van der Waals surface area (Å²) in [6.07, 6.45) is 9.04. The van der Waals surface area contributed by atoms with Crippen molar-refractivity contribution in [2.75, 3.05) is 5.32 Å². The van der Waals surface area contributed by atoms with Gasteiger partial charge in [0, 0.05) is 18.4 Å². The van der Waals surface area contributed by atoms with Gasteiger partial charge in [0.25, 0.3) is 0 Å². The first kappa shape index (κ1) is 10.4. The molecule has 0 aromatic carbocycles. The van der Waals surface area contributed by atoms with Crippen LogP contribution in [-0.2, 0) is 0 Å². The summed E-state index contributed by atoms with van der Waals surface area (Å²) in [6, 6.07) is 0.592. The van der Waals surface area contributed by atoms with Gasteiger partial charge in [-0.3, -0.25) is 0 Å². The molecule has 3 heteroatoms. The van der Waals surface area contributed by atoms with Gasteiger partial charge in [0.2, 0.25) is 5.95 Å². The van der Waals surface area contributed by atoms with E-state index in [1.807, 2.05) is 12.4 Å². The number of aromatic nitrogens is 2. The molecule has 0 atom stereocenters. The summed E-state index contributed by atoms with van der Waals surface area (Å²) < 4.78 is 0. The summed E-state index contributed by atoms with van der Waals surface area (Å²) in [5.41, 5.74) is 1.20. The van der Waals surface area contributed by atoms with Crippen LogP contribution in [0.5, 0.6) is 0 Å². The van der Waals surface area contributed by atoms with E-state index in [1.165, 1.54) is 31.2 Å². The molecule has 82 valence electrons. The number of hydrogen-bond acceptors (Lipinski definition) is 3. The molecular formula is C12H19N3. The van der Waals surface area contributed by atoms with Crippen LogP contribution in [0.4, 0.5) is 5.95 Å². The van der Waals surface area contributed by atoms with Crippen LogP contribution in [0.15, 0.2) is 12.4 Å². The van der Waals surface area contributed by atoms with Crippen LogP contribution in [0.3, 0.4) is 0 Å². The molecule has 2 rings (SSSR count). The maximum absolute atomic E-state index is 4.34. The normalized spacial score (nSPS) is 17.3. The zero-order chi connectivity index (χ0) is 10.7. The van der Waals surface area contributed by atoms with E-state index in [0.29, 0.717) is 12.0 Å². The highest BCUT2D eigenvalue weighted by Crippen LogP contribution is 2.21. The van der Waals surface area contributed by atoms with E-state index in [1.54, 1.807) is 0 Å². The van der Waals surface area contributed by atoms with Gasteiger partial charge in [0.15, 0.2) is 0 Å². The average Bonchev–Trinajstić information content (AvgIpc) is 2.71. The van der Waals surface area contributed by atoms with E-state index in [-0.39, 0.29) is 0 Å². The van der Waals surface area contributed by atoms with Crippen molar-refractivity contribution in [2.24, 2.45) is 0 Å². The Morgan fingerprint density at radius 3 is 2.33 bits per heavy atom. The van der Waals surface area contributed by atoms with Crippen molar-refractivity contribution in [1.29, 1.82) is 0 Å². The Labute approximate surface area is 91.3 Å². The number of rotatable bonds is 3. The number of nitrogens with zero attached hydrogens (tertiary/aromatic N) is 2. The fraction of sp³-hybridized carbons (Fsp3) is 0.667. The van der Waals surface area contributed by atoms with Gasteiger partial charge in [-0.05, 0) is 24.3 Å². The first-order valence-electron chi connectivity index (χ1n) is 5.84. The van der Waals surface area contributed by atoms with E-state index in [0.717, 1.165) is 5.95 Å². The molecule has 15 heavy (non-hydrogen) atoms. The molecule has 0 unspecified atom stereocenters. The van der Waals surface area contributed by atoms with Crippen molar-refractivity contribution in [2.45, 2.75) is 51.5 Å². The molecule has 0 radical (unpaired) electrons. The molecule has 1 aliphatic carbocycles. The fourth-order valence-electron chi connectivity index (χ4n) is 1.96. The molecule has 0 saturated heterocycles. The van der Waals surface area contributed by atoms with E-state index >= 15 is 0 Å². The highest BCUT2D eigenvalue weighted by atomic mass is 15.1. The maximum atomic E-state index is 4.34. The monoisotopic (exact) mass is 205 g/mol. The lowest BCUT2D eigenvalue weighted by Crippen LogP contribution is -2.16. The Morgan fingerprint density at radius 2 is 1.80 bits per heavy atom. The lowest BCUT2D eigenvalue weighted by atomic mass is 10.1. The molecule has 1 fully saturated rings. The zero-order valence-electron chi connectivity index (χ0n) is 9.53. The van der Waals surface area contributed by atoms with E-state index in [9.17, 15) is 0 Å². The molecule has 1 N–H and O–H groups in total. The topological polar surface area (TPSA) is 37.8 Å². The highest BCUT2D eigenvalue weighted by molar-refractivity contribution is 5.27. The van der Waals surface area contributed by atoms with E-state index < -0.39 is 0 Å². The van der Waals surface area contributed by atoms with Crippen molar-refractivity contribution in [3.05, 3.63) is 18.0 Å². The van der Waals surface area contributed by atoms with Gasteiger partial charge in [-0.15, -0.1) is 0 Å². The first-order valence-corrected chi connectivity index (χ1v) is 5.84. The van der Waals surface area contributed by atoms with Crippen LogP contribution in [0.1, 0.15) is 51.0 Å². The smallest absolute Gasteiger partial charge is 0.222 e. The third-order valence-corrected chi connectivity index (χ3v) is 3.03. The predicted molar refractivity (Wildman–Crippen MR) is 62.0 cm³/mol. The summed E-state index contributed by atoms with van der Waals surface area (Å²) in [5, 5.41) is 3.38. The number of hydrogen-bond donors (Lipinski definition) is 1. The van der Waals surface area contributed by atoms with Crippen molar-refractivity contribution in [3.8, 4) is 0 Å². The van der Waals surface area contributed by atoms with Crippen molar-refractivity contribution in [1.82, 2.24) is 9.97 Å². The summed E-state index contributed by atoms with van der Waals surface area (Å²) in [7, 11) is 0. The Balaban J connectivity index is 1.97. The minimum absolute atomic E-state index is 0.505. The molecule has 0 amide bonds. The first-order chi connectivity index (χ1) is 7.25. The lowest BCUT2D eigenvalue weighted by molar-refractivity contribution is 0.741. The third kappa shape index (κ3) is 2.67. The molecule has 0 aliphatic heterocycles. The summed E-state index contributed by atoms with van der Waals surface area (Å²) >= 11 is 0. The minimum atomic E-state index is 0.505. The van der Waals surface area contributed by atoms with Crippen LogP contribution in [0.2, 0.25) is 0 Å². The van der Waals surface area contributed by atoms with Gasteiger partial charge in [0.05, 0.1) is 0 Å². The molecule has 1 aliphatic rings. The summed E-state index contributed by atoms with van der Waals surface area (Å²) in [6.45, 7) is 4.31. The largest absolute Gasteiger partial charge is 0.351 e. The Kier molecular flexibility index (Phi) is 3.19. The highest BCUT2D eigenvalue weighted by Gasteiger charge is 2.15. The zero-order valence-corrected chi connectivity index (χ0v) is 9.53. The summed E-state index contributed by atoms with van der Waals surface area (Å²) in [4.78, 5) is 8.68. The second kappa shape index (κ2) is 4.60. The van der Waals surface area contributed by atoms with Crippen molar-refractivity contribution >= 4 is 5.95 Å². The van der Waals surface area contributed by atoms with Gasteiger partial charge in [-0.2, -0.15) is 0 Å². The van der Waals surface area contributed by atoms with E-state index in [2.05, 4.69) is 29.1 Å². The molecule has 0 spiro atoms. The van der Waals surface area contributed by atoms with Gasteiger partial charge in [-0.25, -0.2) is 9.97 Å². The van der Waals surface area contributed by atoms with Crippen LogP contribution >= 0.6 is 0 Å². The van der Waals surface area contributed by atoms with Gasteiger partial charge in [0.1, 0.15) is 0 Å². The van der Waals surface area contributed by atoms with Crippen LogP contribution in [-0.4, -0.2) is 16.0 Å². The fourth-order valence-corrected chi connectivity index (χ4v) is 1.96. The van der Waals surface area contributed by atoms with Gasteiger partial charge in [-0.1, -0.05) is 26.7 Å². The van der Waals surface area contributed by atoms with Crippen molar-refractivity contribution in [3.63, 3.8) is 0 Å². The molecule has 1 aromatic rings. The quantitative estimate of drug-likeness (QED) is 0.824. The Bertz CT molecular complexity index is 299. The predicted octanol–water partition coefficient (Wildman–Crippen LogP) is 2.95. The number of nitrogens with one attached hydrogen (secondary N) is 1. The van der Waals surface area contributed by atoms with Crippen molar-refractivity contribution < 1.29 is 0 Å². The maximum Gasteiger partial charge on any atom is 0.222 e. The molecule has 1 aromatic heterocycles. The molecule has 1 heterocycles. The Morgan fingerprint density at radius 1 is 1.20 bits per heavy atom. The van der Waals surface area contributed by atoms with Gasteiger partial charge < -0.3 is 5.32 Å². The second-order valence-corrected chi connectivity index (χ2v) is 4.62. The molecule has 0 bridgehead atoms. The number of anilines is 1. The molecule has 3 nitrogen and oxygen atoms in total. The Hall–Kier alpha value is -1.12. The van der Waals surface area contributed by atoms with Gasteiger partial charge >= 0.3 is 0 Å². The minimum Gasteiger partial charge on any atom is -0.351 e. The lowest BCUT2D eigenvalue weighted by Gasteiger charge is -2.12. The molecule has 1 saturated carbocycles. The summed E-state index contributed by atoms with van der Waals surface area (Å²) in [5.74, 6) is 1.29.